The number of aromatic amines is 1. The molecule has 2 heterocycles. The maximum atomic E-state index is 12.9. The molecule has 2 aromatic rings. The Morgan fingerprint density at radius 3 is 2.59 bits per heavy atom. The van der Waals surface area contributed by atoms with Gasteiger partial charge in [0.2, 0.25) is 0 Å². The molecule has 0 fully saturated rings. The Bertz CT molecular complexity index is 1060. The summed E-state index contributed by atoms with van der Waals surface area (Å²) in [6.07, 6.45) is 1.38. The molecule has 0 unspecified atom stereocenters. The van der Waals surface area contributed by atoms with Crippen molar-refractivity contribution in [2.45, 2.75) is 19.6 Å². The van der Waals surface area contributed by atoms with E-state index in [0.717, 1.165) is 0 Å². The van der Waals surface area contributed by atoms with E-state index in [-0.39, 0.29) is 39.9 Å². The van der Waals surface area contributed by atoms with Gasteiger partial charge in [-0.25, -0.2) is 14.4 Å². The summed E-state index contributed by atoms with van der Waals surface area (Å²) in [6, 6.07) is 5.06. The summed E-state index contributed by atoms with van der Waals surface area (Å²) in [4.78, 5) is 39.8. The topological polar surface area (TPSA) is 119 Å². The number of alkyl halides is 2. The predicted molar refractivity (Wildman–Crippen MR) is 107 cm³/mol. The van der Waals surface area contributed by atoms with Crippen molar-refractivity contribution in [3.8, 4) is 5.75 Å². The molecule has 12 heteroatoms. The summed E-state index contributed by atoms with van der Waals surface area (Å²) in [6.45, 7) is -2.06. The maximum absolute atomic E-state index is 12.9. The number of carbonyl (C=O) groups is 3. The van der Waals surface area contributed by atoms with E-state index in [1.807, 2.05) is 0 Å². The molecule has 1 aromatic carbocycles. The fraction of sp³-hybridized carbons (Fsp3) is 0.250. The van der Waals surface area contributed by atoms with Crippen LogP contribution in [0.4, 0.5) is 13.6 Å². The largest absolute Gasteiger partial charge is 0.463 e. The van der Waals surface area contributed by atoms with Crippen molar-refractivity contribution >= 4 is 29.6 Å². The van der Waals surface area contributed by atoms with Crippen LogP contribution in [-0.2, 0) is 14.3 Å². The highest BCUT2D eigenvalue weighted by Gasteiger charge is 2.36. The highest BCUT2D eigenvalue weighted by Crippen LogP contribution is 2.34. The molecule has 2 amide bonds. The lowest BCUT2D eigenvalue weighted by molar-refractivity contribution is -0.139. The third-order valence-corrected chi connectivity index (χ3v) is 4.53. The van der Waals surface area contributed by atoms with Crippen LogP contribution in [0, 0.1) is 0 Å². The van der Waals surface area contributed by atoms with E-state index >= 15 is 0 Å². The Kier molecular flexibility index (Phi) is 7.31. The summed E-state index contributed by atoms with van der Waals surface area (Å²) >= 11 is 5.77. The molecule has 0 radical (unpaired) electrons. The Morgan fingerprint density at radius 1 is 1.19 bits per heavy atom. The van der Waals surface area contributed by atoms with Crippen molar-refractivity contribution in [1.82, 2.24) is 15.6 Å². The highest BCUT2D eigenvalue weighted by molar-refractivity contribution is 6.30. The fourth-order valence-corrected chi connectivity index (χ4v) is 3.20. The number of para-hydroxylation sites is 1. The smallest absolute Gasteiger partial charge is 0.387 e. The number of halogens is 3. The van der Waals surface area contributed by atoms with Crippen LogP contribution in [0.2, 0.25) is 5.02 Å². The molecule has 1 aliphatic heterocycles. The summed E-state index contributed by atoms with van der Waals surface area (Å²) in [7, 11) is 0. The normalized spacial score (nSPS) is 15.8. The van der Waals surface area contributed by atoms with E-state index in [9.17, 15) is 23.2 Å². The molecule has 9 nitrogen and oxygen atoms in total. The predicted octanol–water partition coefficient (Wildman–Crippen LogP) is 3.30. The van der Waals surface area contributed by atoms with Crippen LogP contribution in [0.15, 0.2) is 47.8 Å². The van der Waals surface area contributed by atoms with E-state index in [0.29, 0.717) is 0 Å². The molecule has 1 atom stereocenters. The second-order valence-corrected chi connectivity index (χ2v) is 6.80. The SMILES string of the molecule is CCOC(=O)C1=C(COC(=O)c2cc(Cl)c[nH]2)NC(=O)N[C@H]1c1ccccc1OC(F)F. The first kappa shape index (κ1) is 23.1. The van der Waals surface area contributed by atoms with Crippen molar-refractivity contribution < 1.29 is 37.4 Å². The van der Waals surface area contributed by atoms with Gasteiger partial charge in [-0.2, -0.15) is 8.78 Å². The zero-order valence-corrected chi connectivity index (χ0v) is 17.4. The minimum atomic E-state index is -3.13. The Morgan fingerprint density at radius 2 is 1.94 bits per heavy atom. The second kappa shape index (κ2) is 10.1. The first-order valence-electron chi connectivity index (χ1n) is 9.32. The first-order chi connectivity index (χ1) is 15.3. The molecular formula is C20H18ClF2N3O6. The van der Waals surface area contributed by atoms with Gasteiger partial charge in [-0.05, 0) is 19.1 Å². The number of hydrogen-bond acceptors (Lipinski definition) is 6. The Balaban J connectivity index is 1.98. The van der Waals surface area contributed by atoms with Crippen molar-refractivity contribution in [1.29, 1.82) is 0 Å². The average Bonchev–Trinajstić information content (AvgIpc) is 3.18. The monoisotopic (exact) mass is 469 g/mol. The molecule has 1 aliphatic rings. The summed E-state index contributed by atoms with van der Waals surface area (Å²) in [5.74, 6) is -1.88. The number of hydrogen-bond donors (Lipinski definition) is 3. The number of rotatable bonds is 8. The van der Waals surface area contributed by atoms with Crippen molar-refractivity contribution in [3.05, 3.63) is 64.1 Å². The molecule has 0 bridgehead atoms. The van der Waals surface area contributed by atoms with E-state index in [1.165, 1.54) is 36.5 Å². The number of esters is 2. The third-order valence-electron chi connectivity index (χ3n) is 4.31. The van der Waals surface area contributed by atoms with Crippen LogP contribution in [0.3, 0.4) is 0 Å². The molecule has 32 heavy (non-hydrogen) atoms. The lowest BCUT2D eigenvalue weighted by Gasteiger charge is -2.30. The van der Waals surface area contributed by atoms with Gasteiger partial charge < -0.3 is 29.8 Å². The van der Waals surface area contributed by atoms with Gasteiger partial charge in [-0.1, -0.05) is 29.8 Å². The first-order valence-corrected chi connectivity index (χ1v) is 9.70. The Labute approximate surface area is 185 Å². The van der Waals surface area contributed by atoms with Crippen molar-refractivity contribution in [2.24, 2.45) is 0 Å². The van der Waals surface area contributed by atoms with Crippen molar-refractivity contribution in [2.75, 3.05) is 13.2 Å². The van der Waals surface area contributed by atoms with Gasteiger partial charge in [0.1, 0.15) is 18.1 Å². The fourth-order valence-electron chi connectivity index (χ4n) is 3.04. The minimum Gasteiger partial charge on any atom is -0.463 e. The molecule has 0 aliphatic carbocycles. The number of urea groups is 1. The van der Waals surface area contributed by atoms with Crippen LogP contribution in [0.25, 0.3) is 0 Å². The summed E-state index contributed by atoms with van der Waals surface area (Å²) < 4.78 is 40.5. The number of ether oxygens (including phenoxy) is 3. The number of aromatic nitrogens is 1. The van der Waals surface area contributed by atoms with Gasteiger partial charge in [0, 0.05) is 11.8 Å². The minimum absolute atomic E-state index is 0.00617. The van der Waals surface area contributed by atoms with E-state index in [2.05, 4.69) is 20.4 Å². The van der Waals surface area contributed by atoms with Crippen LogP contribution in [-0.4, -0.2) is 42.8 Å². The lowest BCUT2D eigenvalue weighted by Crippen LogP contribution is -2.47. The van der Waals surface area contributed by atoms with Gasteiger partial charge >= 0.3 is 24.6 Å². The van der Waals surface area contributed by atoms with Gasteiger partial charge in [0.05, 0.1) is 28.9 Å². The molecule has 0 saturated heterocycles. The van der Waals surface area contributed by atoms with Gasteiger partial charge in [-0.15, -0.1) is 0 Å². The number of amides is 2. The molecule has 170 valence electrons. The highest BCUT2D eigenvalue weighted by atomic mass is 35.5. The van der Waals surface area contributed by atoms with E-state index < -0.39 is 37.2 Å². The molecule has 3 N–H and O–H groups in total. The molecule has 1 aromatic heterocycles. The maximum Gasteiger partial charge on any atom is 0.387 e. The van der Waals surface area contributed by atoms with Crippen LogP contribution in [0.5, 0.6) is 5.75 Å². The second-order valence-electron chi connectivity index (χ2n) is 6.37. The quantitative estimate of drug-likeness (QED) is 0.510. The zero-order chi connectivity index (χ0) is 23.3. The zero-order valence-electron chi connectivity index (χ0n) is 16.6. The number of benzene rings is 1. The number of carbonyl (C=O) groups excluding carboxylic acids is 3. The third kappa shape index (κ3) is 5.35. The molecular weight excluding hydrogens is 452 g/mol. The number of H-pyrrole nitrogens is 1. The average molecular weight is 470 g/mol. The standard InChI is InChI=1S/C20H18ClF2N3O6/c1-2-30-18(28)15-13(9-31-17(27)12-7-10(21)8-24-12)25-20(29)26-16(15)11-5-3-4-6-14(11)32-19(22)23/h3-8,16,19,24H,2,9H2,1H3,(H2,25,26,29)/t16-/m0/s1. The Hall–Kier alpha value is -3.60. The lowest BCUT2D eigenvalue weighted by atomic mass is 9.94. The van der Waals surface area contributed by atoms with E-state index in [1.54, 1.807) is 6.92 Å². The van der Waals surface area contributed by atoms with E-state index in [4.69, 9.17) is 21.1 Å². The van der Waals surface area contributed by atoms with Crippen LogP contribution < -0.4 is 15.4 Å². The molecule has 0 saturated carbocycles. The van der Waals surface area contributed by atoms with Crippen LogP contribution in [0.1, 0.15) is 29.0 Å². The summed E-state index contributed by atoms with van der Waals surface area (Å²) in [5.41, 5.74) is -0.0596. The summed E-state index contributed by atoms with van der Waals surface area (Å²) in [5, 5.41) is 5.18. The molecule has 0 spiro atoms. The van der Waals surface area contributed by atoms with Crippen molar-refractivity contribution in [3.63, 3.8) is 0 Å². The van der Waals surface area contributed by atoms with Gasteiger partial charge in [0.25, 0.3) is 0 Å². The van der Waals surface area contributed by atoms with Gasteiger partial charge in [-0.3, -0.25) is 0 Å². The molecule has 3 rings (SSSR count). The number of nitrogens with one attached hydrogen (secondary N) is 3. The van der Waals surface area contributed by atoms with Crippen LogP contribution >= 0.6 is 11.6 Å². The van der Waals surface area contributed by atoms with Gasteiger partial charge in [0.15, 0.2) is 0 Å².